The van der Waals surface area contributed by atoms with Gasteiger partial charge in [0.25, 0.3) is 0 Å². The fraction of sp³-hybridized carbons (Fsp3) is 0.143. The van der Waals surface area contributed by atoms with Gasteiger partial charge in [-0.3, -0.25) is 0 Å². The molecular weight excluding hydrogens is 389 g/mol. The zero-order valence-electron chi connectivity index (χ0n) is 14.1. The predicted molar refractivity (Wildman–Crippen MR) is 96.6 cm³/mol. The van der Waals surface area contributed by atoms with Crippen LogP contribution in [-0.2, 0) is 13.3 Å². The molecule has 1 nitrogen and oxygen atoms in total. The maximum atomic E-state index is 2.69. The Morgan fingerprint density at radius 1 is 0.880 bits per heavy atom. The van der Waals surface area contributed by atoms with Gasteiger partial charge in [-0.05, 0) is 0 Å². The molecule has 1 atom stereocenters. The molecule has 4 rings (SSSR count). The minimum absolute atomic E-state index is 0. The largest absolute Gasteiger partial charge is 1.00 e. The zero-order chi connectivity index (χ0) is 15.7. The molecule has 2 aliphatic rings. The van der Waals surface area contributed by atoms with E-state index in [1.54, 1.807) is 4.44 Å². The van der Waals surface area contributed by atoms with Gasteiger partial charge >= 0.3 is 141 Å². The fourth-order valence-electron chi connectivity index (χ4n) is 3.40. The molecule has 1 heterocycles. The summed E-state index contributed by atoms with van der Waals surface area (Å²) < 4.78 is 5.81. The molecule has 0 N–H and O–H groups in total. The molecule has 0 fully saturated rings. The molecule has 2 aromatic rings. The van der Waals surface area contributed by atoms with E-state index >= 15 is 0 Å². The minimum atomic E-state index is -2.19. The zero-order valence-corrected chi connectivity index (χ0v) is 16.9. The molecule has 0 spiro atoms. The van der Waals surface area contributed by atoms with Crippen LogP contribution in [0.4, 0.5) is 5.69 Å². The van der Waals surface area contributed by atoms with Gasteiger partial charge in [0.15, 0.2) is 0 Å². The molecule has 25 heavy (non-hydrogen) atoms. The molecular formula is C21H21Cl2CrN. The van der Waals surface area contributed by atoms with Crippen LogP contribution >= 0.6 is 0 Å². The van der Waals surface area contributed by atoms with Gasteiger partial charge in [-0.1, -0.05) is 0 Å². The van der Waals surface area contributed by atoms with E-state index in [4.69, 9.17) is 0 Å². The van der Waals surface area contributed by atoms with Gasteiger partial charge in [0, 0.05) is 0 Å². The maximum absolute atomic E-state index is 2.69. The van der Waals surface area contributed by atoms with E-state index in [-0.39, 0.29) is 24.8 Å². The summed E-state index contributed by atoms with van der Waals surface area (Å²) in [6, 6.07) is 19.9. The Hall–Kier alpha value is -1.43. The van der Waals surface area contributed by atoms with E-state index in [9.17, 15) is 0 Å². The summed E-state index contributed by atoms with van der Waals surface area (Å²) in [5.41, 5.74) is 2.72. The summed E-state index contributed by atoms with van der Waals surface area (Å²) in [6.07, 6.45) is 12.5. The number of hydrogen-bond donors (Lipinski definition) is 0. The van der Waals surface area contributed by atoms with E-state index in [0.29, 0.717) is 0 Å². The molecule has 0 saturated heterocycles. The van der Waals surface area contributed by atoms with Gasteiger partial charge in [0.05, 0.1) is 0 Å². The summed E-state index contributed by atoms with van der Waals surface area (Å²) in [6.45, 7) is 1.000. The van der Waals surface area contributed by atoms with Crippen LogP contribution in [-0.4, -0.2) is 6.54 Å². The Kier molecular flexibility index (Phi) is 6.61. The molecule has 1 unspecified atom stereocenters. The van der Waals surface area contributed by atoms with Crippen LogP contribution in [0.15, 0.2) is 83.3 Å². The Morgan fingerprint density at radius 2 is 1.60 bits per heavy atom. The van der Waals surface area contributed by atoms with Crippen LogP contribution < -0.4 is 33.1 Å². The molecule has 0 saturated carbocycles. The normalized spacial score (nSPS) is 17.0. The fourth-order valence-corrected chi connectivity index (χ4v) is 8.46. The SMILES string of the molecule is [CH3][Cr+2]([C]1=CC=CC1)([c]1ccccc1)[N]1CC=Cc2ccccc21.[Cl-].[Cl-]. The standard InChI is InChI=1S/C9H8N.C6H5.C5H5.CH3.2ClH.Cr/c1-2-6-9-8(4-1)5-3-7-10-9;1-2-4-6-5-3-1;1-2-4-5-3-1;;;;/h1-6H,7H2;1-5H;1-3H,4H2;1H3;2*1H;/q-1;;;;;;+3/p-2. The van der Waals surface area contributed by atoms with Crippen molar-refractivity contribution in [1.29, 1.82) is 0 Å². The van der Waals surface area contributed by atoms with Crippen molar-refractivity contribution in [2.24, 2.45) is 0 Å². The Morgan fingerprint density at radius 3 is 2.32 bits per heavy atom. The summed E-state index contributed by atoms with van der Waals surface area (Å²) in [5.74, 6) is 2.51. The van der Waals surface area contributed by atoms with Crippen LogP contribution in [0.1, 0.15) is 12.0 Å². The van der Waals surface area contributed by atoms with Gasteiger partial charge in [-0.15, -0.1) is 0 Å². The Bertz CT molecular complexity index is 814. The third-order valence-electron chi connectivity index (χ3n) is 4.66. The first kappa shape index (κ1) is 19.9. The predicted octanol–water partition coefficient (Wildman–Crippen LogP) is -1.19. The molecule has 0 radical (unpaired) electrons. The van der Waals surface area contributed by atoms with Crippen LogP contribution in [0, 0.1) is 0 Å². The van der Waals surface area contributed by atoms with E-state index in [1.807, 2.05) is 0 Å². The van der Waals surface area contributed by atoms with Crippen molar-refractivity contribution in [3.8, 4) is 0 Å². The molecule has 4 heteroatoms. The second kappa shape index (κ2) is 8.30. The monoisotopic (exact) mass is 409 g/mol. The van der Waals surface area contributed by atoms with Crippen LogP contribution in [0.2, 0.25) is 5.79 Å². The second-order valence-corrected chi connectivity index (χ2v) is 11.0. The molecule has 0 aromatic heterocycles. The average Bonchev–Trinajstić information content (AvgIpc) is 3.16. The first-order valence-corrected chi connectivity index (χ1v) is 11.1. The number of rotatable bonds is 3. The van der Waals surface area contributed by atoms with Crippen molar-refractivity contribution in [1.82, 2.24) is 0 Å². The molecule has 1 aliphatic heterocycles. The van der Waals surface area contributed by atoms with E-state index in [1.165, 1.54) is 15.7 Å². The van der Waals surface area contributed by atoms with Gasteiger partial charge in [-0.2, -0.15) is 0 Å². The summed E-state index contributed by atoms with van der Waals surface area (Å²) >= 11 is -2.19. The third-order valence-corrected chi connectivity index (χ3v) is 10.5. The first-order chi connectivity index (χ1) is 11.3. The molecule has 0 bridgehead atoms. The van der Waals surface area contributed by atoms with E-state index in [2.05, 4.69) is 94.6 Å². The summed E-state index contributed by atoms with van der Waals surface area (Å²) in [4.78, 5) is 0. The van der Waals surface area contributed by atoms with Crippen molar-refractivity contribution in [2.45, 2.75) is 12.2 Å². The van der Waals surface area contributed by atoms with E-state index in [0.717, 1.165) is 13.0 Å². The number of para-hydroxylation sites is 1. The first-order valence-electron chi connectivity index (χ1n) is 8.02. The molecule has 130 valence electrons. The summed E-state index contributed by atoms with van der Waals surface area (Å²) in [7, 11) is 0. The van der Waals surface area contributed by atoms with Crippen molar-refractivity contribution >= 4 is 16.2 Å². The third kappa shape index (κ3) is 3.46. The van der Waals surface area contributed by atoms with Crippen LogP contribution in [0.25, 0.3) is 6.08 Å². The Labute approximate surface area is 165 Å². The average molecular weight is 410 g/mol. The van der Waals surface area contributed by atoms with Crippen molar-refractivity contribution in [3.05, 3.63) is 88.9 Å². The topological polar surface area (TPSA) is 3.24 Å². The number of hydrogen-bond acceptors (Lipinski definition) is 1. The van der Waals surface area contributed by atoms with Gasteiger partial charge < -0.3 is 24.8 Å². The second-order valence-electron chi connectivity index (χ2n) is 5.98. The van der Waals surface area contributed by atoms with Crippen LogP contribution in [0.5, 0.6) is 0 Å². The van der Waals surface area contributed by atoms with Gasteiger partial charge in [0.2, 0.25) is 0 Å². The van der Waals surface area contributed by atoms with Crippen molar-refractivity contribution in [3.63, 3.8) is 0 Å². The smallest absolute Gasteiger partial charge is 1.00 e. The summed E-state index contributed by atoms with van der Waals surface area (Å²) in [5, 5.41) is 0. The van der Waals surface area contributed by atoms with Gasteiger partial charge in [0.1, 0.15) is 0 Å². The number of allylic oxidation sites excluding steroid dienone is 4. The quantitative estimate of drug-likeness (QED) is 0.616. The molecule has 2 aromatic carbocycles. The van der Waals surface area contributed by atoms with Crippen molar-refractivity contribution in [2.75, 3.05) is 10.4 Å². The molecule has 1 aliphatic carbocycles. The molecule has 0 amide bonds. The van der Waals surface area contributed by atoms with E-state index < -0.39 is 13.3 Å². The number of halogens is 2. The minimum Gasteiger partial charge on any atom is -1.00 e. The number of benzene rings is 2. The van der Waals surface area contributed by atoms with Crippen LogP contribution in [0.3, 0.4) is 0 Å². The number of nitrogens with zero attached hydrogens (tertiary/aromatic N) is 1. The number of fused-ring (bicyclic) bond motifs is 1. The maximum Gasteiger partial charge on any atom is -1.00 e. The number of anilines is 1. The Balaban J connectivity index is 0.00000113. The van der Waals surface area contributed by atoms with Gasteiger partial charge in [-0.25, -0.2) is 0 Å². The van der Waals surface area contributed by atoms with Crippen molar-refractivity contribution < 1.29 is 38.1 Å².